The van der Waals surface area contributed by atoms with Gasteiger partial charge in [-0.05, 0) is 38.5 Å². The van der Waals surface area contributed by atoms with Gasteiger partial charge in [-0.15, -0.1) is 0 Å². The maximum Gasteiger partial charge on any atom is 0.469 e. The maximum absolute atomic E-state index is 12.5. The van der Waals surface area contributed by atoms with Gasteiger partial charge in [-0.3, -0.25) is 14.1 Å². The van der Waals surface area contributed by atoms with Crippen LogP contribution >= 0.6 is 7.82 Å². The maximum atomic E-state index is 12.5. The lowest BCUT2D eigenvalue weighted by Crippen LogP contribution is -2.29. The number of carbonyl (C=O) groups is 2. The normalized spacial score (nSPS) is 12.4. The monoisotopic (exact) mass is 899 g/mol. The lowest BCUT2D eigenvalue weighted by Gasteiger charge is -2.18. The van der Waals surface area contributed by atoms with E-state index in [0.717, 1.165) is 38.5 Å². The van der Waals surface area contributed by atoms with E-state index >= 15 is 0 Å². The molecule has 9 heteroatoms. The van der Waals surface area contributed by atoms with E-state index < -0.39 is 32.5 Å². The number of allylic oxidation sites excluding steroid dienone is 2. The first-order valence-corrected chi connectivity index (χ1v) is 28.5. The third-order valence-electron chi connectivity index (χ3n) is 12.3. The molecule has 1 atom stereocenters. The van der Waals surface area contributed by atoms with Gasteiger partial charge in [0.05, 0.1) is 6.61 Å². The molecule has 0 fully saturated rings. The van der Waals surface area contributed by atoms with Gasteiger partial charge in [0.25, 0.3) is 0 Å². The predicted molar refractivity (Wildman–Crippen MR) is 262 cm³/mol. The number of phosphoric acid groups is 1. The third-order valence-corrected chi connectivity index (χ3v) is 12.8. The van der Waals surface area contributed by atoms with E-state index in [1.807, 2.05) is 0 Å². The first kappa shape index (κ1) is 60.8. The Hall–Kier alpha value is -1.21. The van der Waals surface area contributed by atoms with E-state index in [4.69, 9.17) is 19.3 Å². The van der Waals surface area contributed by atoms with Crippen LogP contribution in [0.25, 0.3) is 0 Å². The van der Waals surface area contributed by atoms with Crippen LogP contribution in [0.4, 0.5) is 0 Å². The highest BCUT2D eigenvalue weighted by Gasteiger charge is 2.23. The number of carbonyl (C=O) groups excluding carboxylic acids is 2. The molecule has 8 nitrogen and oxygen atoms in total. The number of phosphoric ester groups is 1. The Morgan fingerprint density at radius 3 is 0.984 bits per heavy atom. The fraction of sp³-hybridized carbons (Fsp3) is 0.925. The standard InChI is InChI=1S/C53H103O8P/c1-3-5-7-9-11-13-15-17-19-21-23-25-26-28-30-32-34-36-38-40-42-44-46-48-53(55)61-51(50-60-62(56,57)58)49-59-52(54)47-45-43-41-39-37-35-33-31-29-27-24-22-20-18-16-14-12-10-8-6-4-2/h21,23,51H,3-20,22,24-50H2,1-2H3,(H2,56,57,58)/b23-21-. The van der Waals surface area contributed by atoms with Crippen LogP contribution in [-0.2, 0) is 28.2 Å². The van der Waals surface area contributed by atoms with Crippen LogP contribution in [0.5, 0.6) is 0 Å². The Labute approximate surface area is 384 Å². The van der Waals surface area contributed by atoms with Gasteiger partial charge in [-0.1, -0.05) is 257 Å². The fourth-order valence-electron chi connectivity index (χ4n) is 8.25. The molecular formula is C53H103O8P. The smallest absolute Gasteiger partial charge is 0.462 e. The zero-order valence-electron chi connectivity index (χ0n) is 41.1. The summed E-state index contributed by atoms with van der Waals surface area (Å²) in [6.07, 6.45) is 58.1. The minimum atomic E-state index is -4.76. The molecule has 0 aliphatic carbocycles. The molecule has 368 valence electrons. The average molecular weight is 899 g/mol. The Balaban J connectivity index is 3.75. The molecule has 0 aromatic rings. The molecular weight excluding hydrogens is 796 g/mol. The van der Waals surface area contributed by atoms with Gasteiger partial charge in [0.15, 0.2) is 6.10 Å². The highest BCUT2D eigenvalue weighted by atomic mass is 31.2. The summed E-state index contributed by atoms with van der Waals surface area (Å²) in [5.74, 6) is -0.865. The summed E-state index contributed by atoms with van der Waals surface area (Å²) in [6, 6.07) is 0. The van der Waals surface area contributed by atoms with Crippen LogP contribution in [0.1, 0.15) is 296 Å². The first-order chi connectivity index (χ1) is 30.3. The molecule has 1 unspecified atom stereocenters. The number of rotatable bonds is 51. The van der Waals surface area contributed by atoms with Crippen molar-refractivity contribution in [3.8, 4) is 0 Å². The van der Waals surface area contributed by atoms with Gasteiger partial charge in [0, 0.05) is 12.8 Å². The summed E-state index contributed by atoms with van der Waals surface area (Å²) in [4.78, 5) is 43.2. The second kappa shape index (κ2) is 49.2. The van der Waals surface area contributed by atoms with Crippen molar-refractivity contribution in [2.75, 3.05) is 13.2 Å². The molecule has 0 aromatic heterocycles. The van der Waals surface area contributed by atoms with Crippen LogP contribution in [-0.4, -0.2) is 41.0 Å². The number of ether oxygens (including phenoxy) is 2. The van der Waals surface area contributed by atoms with Gasteiger partial charge < -0.3 is 19.3 Å². The SMILES string of the molecule is CCCCCCCCCC/C=C\CCCCCCCCCCCCCC(=O)OC(COC(=O)CCCCCCCCCCCCCCCCCCCCCCC)COP(=O)(O)O. The van der Waals surface area contributed by atoms with Crippen LogP contribution in [0, 0.1) is 0 Å². The van der Waals surface area contributed by atoms with Crippen molar-refractivity contribution in [1.82, 2.24) is 0 Å². The largest absolute Gasteiger partial charge is 0.469 e. The second-order valence-corrected chi connectivity index (χ2v) is 19.8. The van der Waals surface area contributed by atoms with E-state index in [2.05, 4.69) is 30.5 Å². The lowest BCUT2D eigenvalue weighted by molar-refractivity contribution is -0.161. The lowest BCUT2D eigenvalue weighted by atomic mass is 10.0. The third kappa shape index (κ3) is 51.4. The van der Waals surface area contributed by atoms with Gasteiger partial charge >= 0.3 is 19.8 Å². The topological polar surface area (TPSA) is 119 Å². The number of hydrogen-bond donors (Lipinski definition) is 2. The Morgan fingerprint density at radius 2 is 0.677 bits per heavy atom. The molecule has 0 bridgehead atoms. The molecule has 0 radical (unpaired) electrons. The summed E-state index contributed by atoms with van der Waals surface area (Å²) in [5, 5.41) is 0. The van der Waals surface area contributed by atoms with Crippen molar-refractivity contribution < 1.29 is 37.9 Å². The van der Waals surface area contributed by atoms with Crippen molar-refractivity contribution in [1.29, 1.82) is 0 Å². The molecule has 0 amide bonds. The van der Waals surface area contributed by atoms with Gasteiger partial charge in [-0.25, -0.2) is 4.57 Å². The summed E-state index contributed by atoms with van der Waals surface area (Å²) in [5.41, 5.74) is 0. The molecule has 0 saturated heterocycles. The van der Waals surface area contributed by atoms with Gasteiger partial charge in [0.2, 0.25) is 0 Å². The van der Waals surface area contributed by atoms with Crippen LogP contribution < -0.4 is 0 Å². The van der Waals surface area contributed by atoms with Crippen molar-refractivity contribution in [2.45, 2.75) is 302 Å². The summed E-state index contributed by atoms with van der Waals surface area (Å²) >= 11 is 0. The molecule has 0 heterocycles. The van der Waals surface area contributed by atoms with Crippen molar-refractivity contribution in [2.24, 2.45) is 0 Å². The zero-order chi connectivity index (χ0) is 45.3. The van der Waals surface area contributed by atoms with Crippen LogP contribution in [0.15, 0.2) is 12.2 Å². The van der Waals surface area contributed by atoms with Gasteiger partial charge in [-0.2, -0.15) is 0 Å². The molecule has 0 aromatic carbocycles. The van der Waals surface area contributed by atoms with Crippen molar-refractivity contribution >= 4 is 19.8 Å². The molecule has 2 N–H and O–H groups in total. The zero-order valence-corrected chi connectivity index (χ0v) is 41.9. The van der Waals surface area contributed by atoms with Crippen LogP contribution in [0.3, 0.4) is 0 Å². The van der Waals surface area contributed by atoms with E-state index in [9.17, 15) is 14.2 Å². The summed E-state index contributed by atoms with van der Waals surface area (Å²) in [7, 11) is -4.76. The van der Waals surface area contributed by atoms with E-state index in [0.29, 0.717) is 6.42 Å². The number of hydrogen-bond acceptors (Lipinski definition) is 6. The van der Waals surface area contributed by atoms with Crippen molar-refractivity contribution in [3.05, 3.63) is 12.2 Å². The summed E-state index contributed by atoms with van der Waals surface area (Å²) in [6.45, 7) is 3.75. The first-order valence-electron chi connectivity index (χ1n) is 27.0. The minimum absolute atomic E-state index is 0.216. The second-order valence-electron chi connectivity index (χ2n) is 18.6. The summed E-state index contributed by atoms with van der Waals surface area (Å²) < 4.78 is 26.6. The molecule has 0 aliphatic rings. The highest BCUT2D eigenvalue weighted by molar-refractivity contribution is 7.46. The van der Waals surface area contributed by atoms with E-state index in [1.165, 1.54) is 225 Å². The fourth-order valence-corrected chi connectivity index (χ4v) is 8.62. The quantitative estimate of drug-likeness (QED) is 0.0268. The molecule has 0 aliphatic heterocycles. The number of unbranched alkanes of at least 4 members (excludes halogenated alkanes) is 39. The Morgan fingerprint density at radius 1 is 0.403 bits per heavy atom. The highest BCUT2D eigenvalue weighted by Crippen LogP contribution is 2.36. The Kier molecular flexibility index (Phi) is 48.3. The minimum Gasteiger partial charge on any atom is -0.462 e. The predicted octanol–water partition coefficient (Wildman–Crippen LogP) is 17.3. The molecule has 62 heavy (non-hydrogen) atoms. The Bertz CT molecular complexity index is 1010. The van der Waals surface area contributed by atoms with E-state index in [1.54, 1.807) is 0 Å². The molecule has 0 saturated carbocycles. The van der Waals surface area contributed by atoms with Crippen molar-refractivity contribution in [3.63, 3.8) is 0 Å². The molecule has 0 spiro atoms. The van der Waals surface area contributed by atoms with Crippen LogP contribution in [0.2, 0.25) is 0 Å². The molecule has 0 rings (SSSR count). The average Bonchev–Trinajstić information content (AvgIpc) is 3.25. The number of esters is 2. The van der Waals surface area contributed by atoms with E-state index in [-0.39, 0.29) is 19.4 Å². The van der Waals surface area contributed by atoms with Gasteiger partial charge in [0.1, 0.15) is 6.61 Å².